The highest BCUT2D eigenvalue weighted by Gasteiger charge is 2.16. The van der Waals surface area contributed by atoms with E-state index < -0.39 is 10.7 Å². The molecule has 1 aromatic heterocycles. The summed E-state index contributed by atoms with van der Waals surface area (Å²) in [7, 11) is 0. The molecule has 0 spiro atoms. The van der Waals surface area contributed by atoms with Gasteiger partial charge in [-0.05, 0) is 0 Å². The summed E-state index contributed by atoms with van der Waals surface area (Å²) in [6.45, 7) is 0. The molecule has 0 aliphatic carbocycles. The molecule has 1 aromatic rings. The molecule has 0 radical (unpaired) electrons. The molecular weight excluding hydrogens is 272 g/mol. The fourth-order valence-corrected chi connectivity index (χ4v) is 1.14. The monoisotopic (exact) mass is 273 g/mol. The standard InChI is InChI=1S/C6H3Cl4N3O/c7-3(8)6(14)13-2-4(9)11-1-12-5(2)10/h1,3H,(H,13,14). The van der Waals surface area contributed by atoms with Crippen molar-refractivity contribution in [2.75, 3.05) is 5.32 Å². The van der Waals surface area contributed by atoms with Crippen LogP contribution in [0.2, 0.25) is 10.3 Å². The number of hydrogen-bond donors (Lipinski definition) is 1. The van der Waals surface area contributed by atoms with Gasteiger partial charge in [0.15, 0.2) is 15.1 Å². The highest BCUT2D eigenvalue weighted by molar-refractivity contribution is 6.54. The van der Waals surface area contributed by atoms with E-state index >= 15 is 0 Å². The van der Waals surface area contributed by atoms with E-state index in [1.165, 1.54) is 6.33 Å². The third kappa shape index (κ3) is 2.85. The lowest BCUT2D eigenvalue weighted by Crippen LogP contribution is -2.19. The Morgan fingerprint density at radius 2 is 1.79 bits per heavy atom. The highest BCUT2D eigenvalue weighted by Crippen LogP contribution is 2.26. The summed E-state index contributed by atoms with van der Waals surface area (Å²) in [4.78, 5) is 17.1. The summed E-state index contributed by atoms with van der Waals surface area (Å²) in [6.07, 6.45) is 1.17. The summed E-state index contributed by atoms with van der Waals surface area (Å²) in [6, 6.07) is 0. The van der Waals surface area contributed by atoms with Crippen molar-refractivity contribution >= 4 is 58.0 Å². The second kappa shape index (κ2) is 4.98. The molecule has 0 aliphatic rings. The Bertz CT molecular complexity index is 337. The molecule has 1 N–H and O–H groups in total. The minimum absolute atomic E-state index is 0.0207. The maximum absolute atomic E-state index is 11.1. The molecule has 0 saturated heterocycles. The van der Waals surface area contributed by atoms with Crippen molar-refractivity contribution in [2.45, 2.75) is 4.84 Å². The summed E-state index contributed by atoms with van der Waals surface area (Å²) in [5.74, 6) is -0.646. The molecular formula is C6H3Cl4N3O. The second-order valence-electron chi connectivity index (χ2n) is 2.12. The minimum atomic E-state index is -1.21. The van der Waals surface area contributed by atoms with Gasteiger partial charge in [0.1, 0.15) is 12.0 Å². The van der Waals surface area contributed by atoms with E-state index in [0.29, 0.717) is 0 Å². The molecule has 0 aromatic carbocycles. The predicted molar refractivity (Wildman–Crippen MR) is 56.2 cm³/mol. The number of rotatable bonds is 2. The molecule has 76 valence electrons. The van der Waals surface area contributed by atoms with Crippen molar-refractivity contribution in [1.82, 2.24) is 9.97 Å². The van der Waals surface area contributed by atoms with Gasteiger partial charge in [0, 0.05) is 0 Å². The van der Waals surface area contributed by atoms with Crippen LogP contribution in [0.3, 0.4) is 0 Å². The first kappa shape index (κ1) is 11.8. The van der Waals surface area contributed by atoms with Crippen LogP contribution in [0, 0.1) is 0 Å². The van der Waals surface area contributed by atoms with Gasteiger partial charge < -0.3 is 5.32 Å². The molecule has 1 heterocycles. The predicted octanol–water partition coefficient (Wildman–Crippen LogP) is 2.53. The van der Waals surface area contributed by atoms with Crippen LogP contribution in [0.1, 0.15) is 0 Å². The number of carbonyl (C=O) groups is 1. The molecule has 0 fully saturated rings. The minimum Gasteiger partial charge on any atom is -0.319 e. The molecule has 1 amide bonds. The van der Waals surface area contributed by atoms with Crippen molar-refractivity contribution in [1.29, 1.82) is 0 Å². The first-order chi connectivity index (χ1) is 6.52. The smallest absolute Gasteiger partial charge is 0.257 e. The first-order valence-corrected chi connectivity index (χ1v) is 4.90. The zero-order valence-corrected chi connectivity index (χ0v) is 9.49. The molecule has 0 bridgehead atoms. The van der Waals surface area contributed by atoms with Gasteiger partial charge in [0.25, 0.3) is 5.91 Å². The van der Waals surface area contributed by atoms with E-state index in [0.717, 1.165) is 0 Å². The van der Waals surface area contributed by atoms with E-state index in [4.69, 9.17) is 46.4 Å². The number of nitrogens with zero attached hydrogens (tertiary/aromatic N) is 2. The summed E-state index contributed by atoms with van der Waals surface area (Å²) in [5, 5.41) is 2.33. The van der Waals surface area contributed by atoms with Crippen molar-refractivity contribution in [3.63, 3.8) is 0 Å². The van der Waals surface area contributed by atoms with E-state index in [2.05, 4.69) is 15.3 Å². The normalized spacial score (nSPS) is 10.4. The van der Waals surface area contributed by atoms with Crippen molar-refractivity contribution < 1.29 is 4.79 Å². The third-order valence-electron chi connectivity index (χ3n) is 1.20. The van der Waals surface area contributed by atoms with Gasteiger partial charge in [-0.25, -0.2) is 9.97 Å². The van der Waals surface area contributed by atoms with Gasteiger partial charge >= 0.3 is 0 Å². The zero-order chi connectivity index (χ0) is 10.7. The van der Waals surface area contributed by atoms with E-state index in [1.807, 2.05) is 0 Å². The zero-order valence-electron chi connectivity index (χ0n) is 6.47. The van der Waals surface area contributed by atoms with Crippen LogP contribution in [0.15, 0.2) is 6.33 Å². The van der Waals surface area contributed by atoms with Gasteiger partial charge in [-0.15, -0.1) is 0 Å². The Kier molecular flexibility index (Phi) is 4.19. The van der Waals surface area contributed by atoms with E-state index in [9.17, 15) is 4.79 Å². The molecule has 8 heteroatoms. The van der Waals surface area contributed by atoms with Gasteiger partial charge in [0.05, 0.1) is 0 Å². The maximum Gasteiger partial charge on any atom is 0.257 e. The molecule has 0 unspecified atom stereocenters. The SMILES string of the molecule is O=C(Nc1c(Cl)ncnc1Cl)C(Cl)Cl. The lowest BCUT2D eigenvalue weighted by molar-refractivity contribution is -0.114. The Labute approximate surface area is 99.5 Å². The molecule has 0 aliphatic heterocycles. The first-order valence-electron chi connectivity index (χ1n) is 3.27. The Hall–Kier alpha value is -0.290. The topological polar surface area (TPSA) is 54.9 Å². The second-order valence-corrected chi connectivity index (χ2v) is 3.93. The number of alkyl halides is 2. The Morgan fingerprint density at radius 3 is 2.21 bits per heavy atom. The lowest BCUT2D eigenvalue weighted by Gasteiger charge is -2.07. The number of aromatic nitrogens is 2. The van der Waals surface area contributed by atoms with Crippen LogP contribution < -0.4 is 5.32 Å². The van der Waals surface area contributed by atoms with Gasteiger partial charge in [-0.2, -0.15) is 0 Å². The number of hydrogen-bond acceptors (Lipinski definition) is 3. The van der Waals surface area contributed by atoms with Crippen LogP contribution in [0.4, 0.5) is 5.69 Å². The van der Waals surface area contributed by atoms with Gasteiger partial charge in [0.2, 0.25) is 0 Å². The maximum atomic E-state index is 11.1. The van der Waals surface area contributed by atoms with E-state index in [-0.39, 0.29) is 16.0 Å². The van der Waals surface area contributed by atoms with Gasteiger partial charge in [-0.3, -0.25) is 4.79 Å². The molecule has 4 nitrogen and oxygen atoms in total. The number of anilines is 1. The number of amides is 1. The summed E-state index contributed by atoms with van der Waals surface area (Å²) < 4.78 is 0. The average molecular weight is 275 g/mol. The molecule has 0 saturated carbocycles. The lowest BCUT2D eigenvalue weighted by atomic mass is 10.5. The summed E-state index contributed by atoms with van der Waals surface area (Å²) in [5.41, 5.74) is 0.0899. The van der Waals surface area contributed by atoms with Crippen LogP contribution in [0.25, 0.3) is 0 Å². The summed E-state index contributed by atoms with van der Waals surface area (Å²) >= 11 is 21.9. The third-order valence-corrected chi connectivity index (χ3v) is 2.17. The molecule has 14 heavy (non-hydrogen) atoms. The quantitative estimate of drug-likeness (QED) is 0.666. The number of carbonyl (C=O) groups excluding carboxylic acids is 1. The number of nitrogens with one attached hydrogen (secondary N) is 1. The van der Waals surface area contributed by atoms with Crippen LogP contribution >= 0.6 is 46.4 Å². The Balaban J connectivity index is 2.91. The number of halogens is 4. The van der Waals surface area contributed by atoms with E-state index in [1.54, 1.807) is 0 Å². The highest BCUT2D eigenvalue weighted by atomic mass is 35.5. The largest absolute Gasteiger partial charge is 0.319 e. The van der Waals surface area contributed by atoms with Crippen LogP contribution in [-0.4, -0.2) is 20.7 Å². The van der Waals surface area contributed by atoms with Crippen LogP contribution in [0.5, 0.6) is 0 Å². The fourth-order valence-electron chi connectivity index (χ4n) is 0.625. The average Bonchev–Trinajstić information content (AvgIpc) is 2.11. The van der Waals surface area contributed by atoms with Crippen molar-refractivity contribution in [3.8, 4) is 0 Å². The fraction of sp³-hybridized carbons (Fsp3) is 0.167. The Morgan fingerprint density at radius 1 is 1.29 bits per heavy atom. The van der Waals surface area contributed by atoms with Crippen molar-refractivity contribution in [3.05, 3.63) is 16.6 Å². The molecule has 0 atom stereocenters. The van der Waals surface area contributed by atoms with Gasteiger partial charge in [-0.1, -0.05) is 46.4 Å². The molecule has 1 rings (SSSR count). The van der Waals surface area contributed by atoms with Crippen molar-refractivity contribution in [2.24, 2.45) is 0 Å². The van der Waals surface area contributed by atoms with Crippen LogP contribution in [-0.2, 0) is 4.79 Å².